The topological polar surface area (TPSA) is 95.7 Å². The molecule has 1 saturated carbocycles. The average molecular weight is 362 g/mol. The minimum Gasteiger partial charge on any atom is -0.419 e. The van der Waals surface area contributed by atoms with Gasteiger partial charge in [0.05, 0.1) is 10.6 Å². The lowest BCUT2D eigenvalue weighted by Gasteiger charge is -2.00. The van der Waals surface area contributed by atoms with Crippen LogP contribution in [0.2, 0.25) is 0 Å². The van der Waals surface area contributed by atoms with Crippen molar-refractivity contribution in [2.75, 3.05) is 5.84 Å². The van der Waals surface area contributed by atoms with E-state index >= 15 is 0 Å². The molecule has 4 rings (SSSR count). The molecule has 0 atom stereocenters. The fourth-order valence-corrected chi connectivity index (χ4v) is 4.26. The Balaban J connectivity index is 1.45. The molecule has 0 amide bonds. The lowest BCUT2D eigenvalue weighted by molar-refractivity contribution is 0.529. The molecule has 3 aromatic heterocycles. The summed E-state index contributed by atoms with van der Waals surface area (Å²) in [5.41, 5.74) is 1.27. The largest absolute Gasteiger partial charge is 0.419 e. The molecule has 0 spiro atoms. The molecule has 0 unspecified atom stereocenters. The van der Waals surface area contributed by atoms with Crippen molar-refractivity contribution in [1.82, 2.24) is 25.1 Å². The van der Waals surface area contributed by atoms with Crippen LogP contribution in [0.3, 0.4) is 0 Å². The third kappa shape index (κ3) is 2.93. The number of thioether (sulfide) groups is 1. The van der Waals surface area contributed by atoms with Gasteiger partial charge in [-0.15, -0.1) is 31.7 Å². The summed E-state index contributed by atoms with van der Waals surface area (Å²) in [5, 5.41) is 17.3. The maximum atomic E-state index is 6.05. The monoisotopic (exact) mass is 362 g/mol. The van der Waals surface area contributed by atoms with Crippen LogP contribution in [-0.2, 0) is 12.2 Å². The van der Waals surface area contributed by atoms with Crippen LogP contribution >= 0.6 is 23.1 Å². The van der Waals surface area contributed by atoms with E-state index < -0.39 is 0 Å². The first-order chi connectivity index (χ1) is 11.7. The Kier molecular flexibility index (Phi) is 4.05. The summed E-state index contributed by atoms with van der Waals surface area (Å²) in [6.45, 7) is 4.26. The number of thiophene rings is 1. The van der Waals surface area contributed by atoms with Crippen molar-refractivity contribution in [3.63, 3.8) is 0 Å². The minimum absolute atomic E-state index is 0.474. The standard InChI is InChI=1S/C15H18N6OS2/c1-3-10-8(2)6-11(24-10)14-19-17-12(22-14)7-23-15-20-18-13(21(15)16)9-4-5-9/h6,9H,3-5,7,16H2,1-2H3. The number of rotatable bonds is 6. The maximum absolute atomic E-state index is 6.05. The zero-order valence-corrected chi connectivity index (χ0v) is 15.2. The van der Waals surface area contributed by atoms with Crippen molar-refractivity contribution in [2.45, 2.75) is 49.9 Å². The predicted molar refractivity (Wildman–Crippen MR) is 93.4 cm³/mol. The molecule has 0 aromatic carbocycles. The van der Waals surface area contributed by atoms with E-state index in [0.29, 0.717) is 28.6 Å². The number of nitrogens with two attached hydrogens (primary N) is 1. The Hall–Kier alpha value is -1.87. The van der Waals surface area contributed by atoms with Gasteiger partial charge >= 0.3 is 0 Å². The Bertz CT molecular complexity index is 863. The van der Waals surface area contributed by atoms with Gasteiger partial charge in [-0.1, -0.05) is 18.7 Å². The van der Waals surface area contributed by atoms with E-state index in [4.69, 9.17) is 10.3 Å². The molecule has 3 heterocycles. The van der Waals surface area contributed by atoms with Crippen LogP contribution in [-0.4, -0.2) is 25.1 Å². The fourth-order valence-electron chi connectivity index (χ4n) is 2.52. The van der Waals surface area contributed by atoms with Crippen molar-refractivity contribution in [1.29, 1.82) is 0 Å². The van der Waals surface area contributed by atoms with Gasteiger partial charge in [0.25, 0.3) is 5.89 Å². The molecule has 1 aliphatic rings. The van der Waals surface area contributed by atoms with E-state index in [9.17, 15) is 0 Å². The van der Waals surface area contributed by atoms with E-state index in [1.54, 1.807) is 16.0 Å². The average Bonchev–Trinajstić information content (AvgIpc) is 3.02. The van der Waals surface area contributed by atoms with Gasteiger partial charge in [-0.3, -0.25) is 0 Å². The van der Waals surface area contributed by atoms with Crippen molar-refractivity contribution in [3.05, 3.63) is 28.2 Å². The second-order valence-electron chi connectivity index (χ2n) is 5.85. The quantitative estimate of drug-likeness (QED) is 0.531. The molecule has 0 saturated heterocycles. The Morgan fingerprint density at radius 3 is 2.88 bits per heavy atom. The fraction of sp³-hybridized carbons (Fsp3) is 0.467. The minimum atomic E-state index is 0.474. The summed E-state index contributed by atoms with van der Waals surface area (Å²) in [4.78, 5) is 2.37. The lowest BCUT2D eigenvalue weighted by Crippen LogP contribution is -2.13. The summed E-state index contributed by atoms with van der Waals surface area (Å²) in [6.07, 6.45) is 3.31. The molecule has 126 valence electrons. The summed E-state index contributed by atoms with van der Waals surface area (Å²) < 4.78 is 7.36. The number of hydrogen-bond acceptors (Lipinski definition) is 8. The molecule has 3 aromatic rings. The van der Waals surface area contributed by atoms with Crippen molar-refractivity contribution in [2.24, 2.45) is 0 Å². The van der Waals surface area contributed by atoms with Crippen LogP contribution < -0.4 is 5.84 Å². The zero-order chi connectivity index (χ0) is 16.7. The molecular weight excluding hydrogens is 344 g/mol. The summed E-state index contributed by atoms with van der Waals surface area (Å²) in [6, 6.07) is 2.10. The molecule has 0 radical (unpaired) electrons. The van der Waals surface area contributed by atoms with Gasteiger partial charge in [-0.2, -0.15) is 0 Å². The van der Waals surface area contributed by atoms with Crippen molar-refractivity contribution < 1.29 is 4.42 Å². The highest BCUT2D eigenvalue weighted by atomic mass is 32.2. The van der Waals surface area contributed by atoms with Gasteiger partial charge in [0.1, 0.15) is 0 Å². The van der Waals surface area contributed by atoms with Gasteiger partial charge in [0.2, 0.25) is 11.0 Å². The number of nitrogen functional groups attached to an aromatic ring is 1. The highest BCUT2D eigenvalue weighted by Gasteiger charge is 2.30. The molecule has 2 N–H and O–H groups in total. The molecular formula is C15H18N6OS2. The van der Waals surface area contributed by atoms with Crippen LogP contribution in [0.15, 0.2) is 15.6 Å². The van der Waals surface area contributed by atoms with Gasteiger partial charge in [0.15, 0.2) is 5.82 Å². The van der Waals surface area contributed by atoms with Crippen LogP contribution in [0.1, 0.15) is 47.8 Å². The van der Waals surface area contributed by atoms with E-state index in [-0.39, 0.29) is 0 Å². The lowest BCUT2D eigenvalue weighted by atomic mass is 10.2. The van der Waals surface area contributed by atoms with Gasteiger partial charge in [0, 0.05) is 10.8 Å². The second kappa shape index (κ2) is 6.21. The summed E-state index contributed by atoms with van der Waals surface area (Å²) in [5.74, 6) is 9.05. The van der Waals surface area contributed by atoms with E-state index in [1.165, 1.54) is 22.2 Å². The first-order valence-electron chi connectivity index (χ1n) is 7.91. The highest BCUT2D eigenvalue weighted by Crippen LogP contribution is 2.39. The number of aryl methyl sites for hydroxylation is 2. The smallest absolute Gasteiger partial charge is 0.257 e. The van der Waals surface area contributed by atoms with E-state index in [0.717, 1.165) is 30.0 Å². The zero-order valence-electron chi connectivity index (χ0n) is 13.5. The van der Waals surface area contributed by atoms with Gasteiger partial charge in [-0.05, 0) is 37.8 Å². The highest BCUT2D eigenvalue weighted by molar-refractivity contribution is 7.98. The molecule has 1 fully saturated rings. The molecule has 0 aliphatic heterocycles. The SMILES string of the molecule is CCc1sc(-c2nnc(CSc3nnc(C4CC4)n3N)o2)cc1C. The molecule has 24 heavy (non-hydrogen) atoms. The van der Waals surface area contributed by atoms with Crippen molar-refractivity contribution in [3.8, 4) is 10.8 Å². The Labute approximate surface area is 147 Å². The molecule has 7 nitrogen and oxygen atoms in total. The number of aromatic nitrogens is 5. The first kappa shape index (κ1) is 15.6. The molecule has 0 bridgehead atoms. The Morgan fingerprint density at radius 1 is 1.33 bits per heavy atom. The Morgan fingerprint density at radius 2 is 2.17 bits per heavy atom. The summed E-state index contributed by atoms with van der Waals surface area (Å²) >= 11 is 3.17. The van der Waals surface area contributed by atoms with Crippen molar-refractivity contribution >= 4 is 23.1 Å². The third-order valence-corrected chi connectivity index (χ3v) is 6.27. The van der Waals surface area contributed by atoms with Gasteiger partial charge in [-0.25, -0.2) is 4.68 Å². The van der Waals surface area contributed by atoms with E-state index in [2.05, 4.69) is 40.3 Å². The van der Waals surface area contributed by atoms with Crippen LogP contribution in [0.4, 0.5) is 0 Å². The number of nitrogens with zero attached hydrogens (tertiary/aromatic N) is 5. The number of hydrogen-bond donors (Lipinski definition) is 1. The predicted octanol–water partition coefficient (Wildman–Crippen LogP) is 3.14. The third-order valence-electron chi connectivity index (χ3n) is 3.98. The second-order valence-corrected chi connectivity index (χ2v) is 7.92. The molecule has 9 heteroatoms. The summed E-state index contributed by atoms with van der Waals surface area (Å²) in [7, 11) is 0. The first-order valence-corrected chi connectivity index (χ1v) is 9.71. The van der Waals surface area contributed by atoms with Crippen LogP contribution in [0.25, 0.3) is 10.8 Å². The van der Waals surface area contributed by atoms with Crippen LogP contribution in [0, 0.1) is 6.92 Å². The van der Waals surface area contributed by atoms with Crippen LogP contribution in [0.5, 0.6) is 0 Å². The van der Waals surface area contributed by atoms with E-state index in [1.807, 2.05) is 0 Å². The molecule has 1 aliphatic carbocycles. The normalized spacial score (nSPS) is 14.4. The van der Waals surface area contributed by atoms with Gasteiger partial charge < -0.3 is 10.3 Å². The maximum Gasteiger partial charge on any atom is 0.257 e.